The summed E-state index contributed by atoms with van der Waals surface area (Å²) in [6, 6.07) is 10.0. The summed E-state index contributed by atoms with van der Waals surface area (Å²) in [5, 5.41) is 12.3. The van der Waals surface area contributed by atoms with Gasteiger partial charge in [0.25, 0.3) is 0 Å². The van der Waals surface area contributed by atoms with E-state index < -0.39 is 5.97 Å². The van der Waals surface area contributed by atoms with E-state index in [0.717, 1.165) is 23.6 Å². The Morgan fingerprint density at radius 3 is 2.68 bits per heavy atom. The Morgan fingerprint density at radius 2 is 2.00 bits per heavy atom. The van der Waals surface area contributed by atoms with Gasteiger partial charge in [-0.05, 0) is 32.3 Å². The van der Waals surface area contributed by atoms with Gasteiger partial charge in [-0.15, -0.1) is 0 Å². The molecule has 1 aromatic carbocycles. The molecule has 22 heavy (non-hydrogen) atoms. The number of hydrogen-bond donors (Lipinski definition) is 2. The zero-order chi connectivity index (χ0) is 15.9. The van der Waals surface area contributed by atoms with Crippen molar-refractivity contribution in [2.45, 2.75) is 39.2 Å². The molecule has 1 unspecified atom stereocenters. The van der Waals surface area contributed by atoms with Crippen molar-refractivity contribution in [2.24, 2.45) is 0 Å². The summed E-state index contributed by atoms with van der Waals surface area (Å²) in [6.07, 6.45) is 3.15. The van der Waals surface area contributed by atoms with Gasteiger partial charge in [-0.3, -0.25) is 9.78 Å². The van der Waals surface area contributed by atoms with Crippen molar-refractivity contribution >= 4 is 11.8 Å². The number of aryl methyl sites for hydroxylation is 2. The first-order valence-electron chi connectivity index (χ1n) is 7.37. The fourth-order valence-electron chi connectivity index (χ4n) is 2.29. The lowest BCUT2D eigenvalue weighted by atomic mass is 10.0. The number of rotatable bonds is 7. The van der Waals surface area contributed by atoms with E-state index in [1.54, 1.807) is 6.20 Å². The predicted octanol–water partition coefficient (Wildman–Crippen LogP) is 2.98. The average Bonchev–Trinajstić information content (AvgIpc) is 2.49. The number of anilines is 1. The van der Waals surface area contributed by atoms with Crippen molar-refractivity contribution in [1.82, 2.24) is 9.97 Å². The number of carboxylic acids is 1. The highest BCUT2D eigenvalue weighted by atomic mass is 16.4. The second-order valence-electron chi connectivity index (χ2n) is 5.41. The van der Waals surface area contributed by atoms with Crippen LogP contribution in [0.4, 0.5) is 5.82 Å². The Bertz CT molecular complexity index is 629. The molecule has 0 aliphatic carbocycles. The molecular formula is C17H21N3O2. The van der Waals surface area contributed by atoms with Gasteiger partial charge < -0.3 is 10.4 Å². The number of carbonyl (C=O) groups is 1. The number of nitrogens with one attached hydrogen (secondary N) is 1. The van der Waals surface area contributed by atoms with Crippen LogP contribution in [-0.4, -0.2) is 27.1 Å². The predicted molar refractivity (Wildman–Crippen MR) is 85.9 cm³/mol. The molecule has 0 aliphatic heterocycles. The summed E-state index contributed by atoms with van der Waals surface area (Å²) >= 11 is 0. The lowest BCUT2D eigenvalue weighted by Gasteiger charge is -2.20. The highest BCUT2D eigenvalue weighted by Gasteiger charge is 2.14. The molecule has 0 spiro atoms. The van der Waals surface area contributed by atoms with Crippen LogP contribution >= 0.6 is 0 Å². The first-order chi connectivity index (χ1) is 10.5. The van der Waals surface area contributed by atoms with E-state index in [9.17, 15) is 4.79 Å². The molecule has 1 heterocycles. The second-order valence-corrected chi connectivity index (χ2v) is 5.41. The van der Waals surface area contributed by atoms with Crippen LogP contribution in [0.25, 0.3) is 0 Å². The van der Waals surface area contributed by atoms with E-state index >= 15 is 0 Å². The minimum Gasteiger partial charge on any atom is -0.481 e. The van der Waals surface area contributed by atoms with Gasteiger partial charge in [0.2, 0.25) is 0 Å². The quantitative estimate of drug-likeness (QED) is 0.822. The van der Waals surface area contributed by atoms with Crippen molar-refractivity contribution in [3.63, 3.8) is 0 Å². The smallest absolute Gasteiger partial charge is 0.303 e. The lowest BCUT2D eigenvalue weighted by Crippen LogP contribution is -2.25. The highest BCUT2D eigenvalue weighted by Crippen LogP contribution is 2.16. The lowest BCUT2D eigenvalue weighted by molar-refractivity contribution is -0.137. The normalized spacial score (nSPS) is 11.9. The maximum absolute atomic E-state index is 10.9. The van der Waals surface area contributed by atoms with Gasteiger partial charge in [0.05, 0.1) is 11.4 Å². The molecule has 0 bridgehead atoms. The standard InChI is InChI=1S/C17H21N3O2/c1-12-11-18-13(2)17(19-12)20-15(8-9-16(21)22)10-14-6-4-3-5-7-14/h3-7,11,15H,8-10H2,1-2H3,(H,19,20)(H,21,22). The molecule has 2 N–H and O–H groups in total. The van der Waals surface area contributed by atoms with Gasteiger partial charge in [0.1, 0.15) is 5.82 Å². The third-order valence-electron chi connectivity index (χ3n) is 3.45. The number of aromatic nitrogens is 2. The fraction of sp³-hybridized carbons (Fsp3) is 0.353. The maximum atomic E-state index is 10.9. The Labute approximate surface area is 130 Å². The molecular weight excluding hydrogens is 278 g/mol. The number of benzene rings is 1. The minimum absolute atomic E-state index is 0.00769. The Hall–Kier alpha value is -2.43. The Morgan fingerprint density at radius 1 is 1.27 bits per heavy atom. The van der Waals surface area contributed by atoms with Gasteiger partial charge >= 0.3 is 5.97 Å². The average molecular weight is 299 g/mol. The van der Waals surface area contributed by atoms with Crippen LogP contribution in [0.3, 0.4) is 0 Å². The summed E-state index contributed by atoms with van der Waals surface area (Å²) in [4.78, 5) is 19.6. The molecule has 5 heteroatoms. The van der Waals surface area contributed by atoms with E-state index in [0.29, 0.717) is 6.42 Å². The van der Waals surface area contributed by atoms with Gasteiger partial charge in [-0.2, -0.15) is 0 Å². The van der Waals surface area contributed by atoms with Gasteiger partial charge in [-0.1, -0.05) is 30.3 Å². The van der Waals surface area contributed by atoms with Crippen molar-refractivity contribution in [3.05, 3.63) is 53.5 Å². The minimum atomic E-state index is -0.785. The number of hydrogen-bond acceptors (Lipinski definition) is 4. The van der Waals surface area contributed by atoms with Gasteiger partial charge in [0.15, 0.2) is 0 Å². The summed E-state index contributed by atoms with van der Waals surface area (Å²) in [5.74, 6) is -0.0572. The zero-order valence-electron chi connectivity index (χ0n) is 12.9. The third-order valence-corrected chi connectivity index (χ3v) is 3.45. The monoisotopic (exact) mass is 299 g/mol. The number of nitrogens with zero attached hydrogens (tertiary/aromatic N) is 2. The molecule has 0 fully saturated rings. The van der Waals surface area contributed by atoms with Crippen LogP contribution in [0.1, 0.15) is 29.8 Å². The van der Waals surface area contributed by atoms with E-state index in [1.165, 1.54) is 5.56 Å². The molecule has 1 aromatic heterocycles. The van der Waals surface area contributed by atoms with Crippen LogP contribution in [0.15, 0.2) is 36.5 Å². The van der Waals surface area contributed by atoms with E-state index in [-0.39, 0.29) is 12.5 Å². The number of carboxylic acid groups (broad SMARTS) is 1. The van der Waals surface area contributed by atoms with Crippen molar-refractivity contribution in [2.75, 3.05) is 5.32 Å². The van der Waals surface area contributed by atoms with Crippen LogP contribution in [-0.2, 0) is 11.2 Å². The first kappa shape index (κ1) is 15.9. The van der Waals surface area contributed by atoms with Crippen LogP contribution in [0.2, 0.25) is 0 Å². The highest BCUT2D eigenvalue weighted by molar-refractivity contribution is 5.66. The molecule has 1 atom stereocenters. The Kier molecular flexibility index (Phi) is 5.47. The maximum Gasteiger partial charge on any atom is 0.303 e. The summed E-state index contributed by atoms with van der Waals surface area (Å²) in [7, 11) is 0. The molecule has 0 amide bonds. The van der Waals surface area contributed by atoms with Crippen molar-refractivity contribution in [3.8, 4) is 0 Å². The molecule has 0 aliphatic rings. The summed E-state index contributed by atoms with van der Waals surface area (Å²) < 4.78 is 0. The molecule has 2 rings (SSSR count). The molecule has 5 nitrogen and oxygen atoms in total. The van der Waals surface area contributed by atoms with Crippen LogP contribution in [0.5, 0.6) is 0 Å². The third kappa shape index (κ3) is 4.84. The fourth-order valence-corrected chi connectivity index (χ4v) is 2.29. The SMILES string of the molecule is Cc1cnc(C)c(NC(CCC(=O)O)Cc2ccccc2)n1. The topological polar surface area (TPSA) is 75.1 Å². The summed E-state index contributed by atoms with van der Waals surface area (Å²) in [6.45, 7) is 3.78. The molecule has 0 saturated carbocycles. The molecule has 0 saturated heterocycles. The number of aliphatic carboxylic acids is 1. The molecule has 116 valence electrons. The molecule has 0 radical (unpaired) electrons. The van der Waals surface area contributed by atoms with E-state index in [1.807, 2.05) is 44.2 Å². The first-order valence-corrected chi connectivity index (χ1v) is 7.37. The second kappa shape index (κ2) is 7.54. The zero-order valence-corrected chi connectivity index (χ0v) is 12.9. The van der Waals surface area contributed by atoms with Crippen molar-refractivity contribution in [1.29, 1.82) is 0 Å². The van der Waals surface area contributed by atoms with E-state index in [4.69, 9.17) is 5.11 Å². The largest absolute Gasteiger partial charge is 0.481 e. The van der Waals surface area contributed by atoms with Crippen LogP contribution in [0, 0.1) is 13.8 Å². The van der Waals surface area contributed by atoms with Crippen molar-refractivity contribution < 1.29 is 9.90 Å². The Balaban J connectivity index is 2.13. The van der Waals surface area contributed by atoms with Gasteiger partial charge in [0, 0.05) is 18.7 Å². The molecule has 2 aromatic rings. The van der Waals surface area contributed by atoms with E-state index in [2.05, 4.69) is 15.3 Å². The van der Waals surface area contributed by atoms with Crippen LogP contribution < -0.4 is 5.32 Å². The summed E-state index contributed by atoms with van der Waals surface area (Å²) in [5.41, 5.74) is 2.83. The van der Waals surface area contributed by atoms with Gasteiger partial charge in [-0.25, -0.2) is 4.98 Å².